The largest absolute Gasteiger partial charge is 0.338 e. The number of guanidine groups is 1. The lowest BCUT2D eigenvalue weighted by atomic mass is 9.92. The van der Waals surface area contributed by atoms with Crippen molar-refractivity contribution < 1.29 is 4.79 Å². The van der Waals surface area contributed by atoms with E-state index in [1.54, 1.807) is 25.1 Å². The lowest BCUT2D eigenvalue weighted by Gasteiger charge is -2.23. The van der Waals surface area contributed by atoms with Gasteiger partial charge in [-0.05, 0) is 25.0 Å². The van der Waals surface area contributed by atoms with Crippen LogP contribution < -0.4 is 10.6 Å². The summed E-state index contributed by atoms with van der Waals surface area (Å²) in [4.78, 5) is 16.6. The van der Waals surface area contributed by atoms with E-state index in [-0.39, 0.29) is 5.91 Å². The SMILES string of the molecule is CC(C)CN=C1NC(=O)C(C)(c2ccc(Cl)cc2Cl)N1. The number of nitrogens with zero attached hydrogens (tertiary/aromatic N) is 1. The first-order valence-electron chi connectivity index (χ1n) is 6.42. The fourth-order valence-electron chi connectivity index (χ4n) is 1.99. The highest BCUT2D eigenvalue weighted by Crippen LogP contribution is 2.32. The summed E-state index contributed by atoms with van der Waals surface area (Å²) in [5, 5.41) is 6.85. The highest BCUT2D eigenvalue weighted by Gasteiger charge is 2.43. The second-order valence-electron chi connectivity index (χ2n) is 5.41. The molecule has 1 saturated heterocycles. The van der Waals surface area contributed by atoms with Crippen LogP contribution in [0, 0.1) is 5.92 Å². The summed E-state index contributed by atoms with van der Waals surface area (Å²) in [7, 11) is 0. The van der Waals surface area contributed by atoms with Crippen LogP contribution in [0.25, 0.3) is 0 Å². The molecule has 1 aromatic carbocycles. The molecule has 4 nitrogen and oxygen atoms in total. The number of halogens is 2. The summed E-state index contributed by atoms with van der Waals surface area (Å²) in [6, 6.07) is 5.09. The Balaban J connectivity index is 2.31. The molecule has 1 heterocycles. The quantitative estimate of drug-likeness (QED) is 0.901. The maximum atomic E-state index is 12.2. The van der Waals surface area contributed by atoms with Gasteiger partial charge in [-0.2, -0.15) is 0 Å². The molecule has 1 aliphatic rings. The molecule has 1 aliphatic heterocycles. The van der Waals surface area contributed by atoms with Crippen molar-refractivity contribution >= 4 is 35.1 Å². The number of benzene rings is 1. The Hall–Kier alpha value is -1.26. The van der Waals surface area contributed by atoms with E-state index in [1.165, 1.54) is 0 Å². The van der Waals surface area contributed by atoms with E-state index in [2.05, 4.69) is 29.5 Å². The van der Waals surface area contributed by atoms with Gasteiger partial charge in [0.2, 0.25) is 0 Å². The molecule has 6 heteroatoms. The molecule has 0 saturated carbocycles. The van der Waals surface area contributed by atoms with Gasteiger partial charge in [-0.25, -0.2) is 0 Å². The number of nitrogens with one attached hydrogen (secondary N) is 2. The van der Waals surface area contributed by atoms with E-state index in [4.69, 9.17) is 23.2 Å². The highest BCUT2D eigenvalue weighted by atomic mass is 35.5. The topological polar surface area (TPSA) is 53.5 Å². The first-order valence-corrected chi connectivity index (χ1v) is 7.18. The Labute approximate surface area is 128 Å². The van der Waals surface area contributed by atoms with Gasteiger partial charge in [0.05, 0.1) is 0 Å². The zero-order valence-corrected chi connectivity index (χ0v) is 13.1. The molecule has 1 amide bonds. The van der Waals surface area contributed by atoms with Gasteiger partial charge in [-0.1, -0.05) is 43.1 Å². The smallest absolute Gasteiger partial charge is 0.256 e. The van der Waals surface area contributed by atoms with Gasteiger partial charge in [0, 0.05) is 22.2 Å². The molecule has 1 unspecified atom stereocenters. The van der Waals surface area contributed by atoms with Gasteiger partial charge in [-0.15, -0.1) is 0 Å². The van der Waals surface area contributed by atoms with Crippen LogP contribution in [-0.4, -0.2) is 18.4 Å². The Morgan fingerprint density at radius 1 is 1.35 bits per heavy atom. The predicted molar refractivity (Wildman–Crippen MR) is 82.2 cm³/mol. The van der Waals surface area contributed by atoms with Crippen LogP contribution in [0.15, 0.2) is 23.2 Å². The van der Waals surface area contributed by atoms with Crippen molar-refractivity contribution in [2.75, 3.05) is 6.54 Å². The monoisotopic (exact) mass is 313 g/mol. The predicted octanol–water partition coefficient (Wildman–Crippen LogP) is 2.94. The lowest BCUT2D eigenvalue weighted by Crippen LogP contribution is -2.41. The van der Waals surface area contributed by atoms with E-state index < -0.39 is 5.54 Å². The number of aliphatic imine (C=N–C) groups is 1. The van der Waals surface area contributed by atoms with Crippen molar-refractivity contribution in [3.63, 3.8) is 0 Å². The fraction of sp³-hybridized carbons (Fsp3) is 0.429. The number of rotatable bonds is 3. The van der Waals surface area contributed by atoms with Gasteiger partial charge < -0.3 is 5.32 Å². The van der Waals surface area contributed by atoms with Gasteiger partial charge in [0.1, 0.15) is 5.54 Å². The Kier molecular flexibility index (Phi) is 4.25. The van der Waals surface area contributed by atoms with Crippen LogP contribution >= 0.6 is 23.2 Å². The maximum Gasteiger partial charge on any atom is 0.256 e. The summed E-state index contributed by atoms with van der Waals surface area (Å²) < 4.78 is 0. The zero-order valence-electron chi connectivity index (χ0n) is 11.6. The molecule has 108 valence electrons. The first kappa shape index (κ1) is 15.1. The molecule has 1 fully saturated rings. The van der Waals surface area contributed by atoms with Crippen LogP contribution in [-0.2, 0) is 10.3 Å². The molecule has 2 N–H and O–H groups in total. The molecule has 0 aliphatic carbocycles. The van der Waals surface area contributed by atoms with Gasteiger partial charge in [-0.3, -0.25) is 15.1 Å². The second kappa shape index (κ2) is 5.62. The van der Waals surface area contributed by atoms with Gasteiger partial charge in [0.25, 0.3) is 5.91 Å². The van der Waals surface area contributed by atoms with E-state index in [9.17, 15) is 4.79 Å². The number of amides is 1. The average molecular weight is 314 g/mol. The first-order chi connectivity index (χ1) is 9.33. The molecule has 20 heavy (non-hydrogen) atoms. The third-order valence-electron chi connectivity index (χ3n) is 3.14. The van der Waals surface area contributed by atoms with Crippen LogP contribution in [0.1, 0.15) is 26.3 Å². The molecule has 0 aromatic heterocycles. The van der Waals surface area contributed by atoms with E-state index in [1.807, 2.05) is 0 Å². The van der Waals surface area contributed by atoms with Crippen molar-refractivity contribution in [2.45, 2.75) is 26.3 Å². The number of hydrogen-bond donors (Lipinski definition) is 2. The Bertz CT molecular complexity index is 572. The standard InChI is InChI=1S/C14H17Cl2N3O/c1-8(2)7-17-13-18-12(20)14(3,19-13)10-5-4-9(15)6-11(10)16/h4-6,8H,7H2,1-3H3,(H2,17,18,19,20). The van der Waals surface area contributed by atoms with Crippen LogP contribution in [0.4, 0.5) is 0 Å². The minimum absolute atomic E-state index is 0.177. The Morgan fingerprint density at radius 2 is 2.05 bits per heavy atom. The second-order valence-corrected chi connectivity index (χ2v) is 6.26. The molecule has 2 rings (SSSR count). The van der Waals surface area contributed by atoms with E-state index in [0.29, 0.717) is 34.0 Å². The number of carbonyl (C=O) groups is 1. The number of hydrogen-bond acceptors (Lipinski definition) is 2. The molecular weight excluding hydrogens is 297 g/mol. The molecular formula is C14H17Cl2N3O. The van der Waals surface area contributed by atoms with Crippen molar-refractivity contribution in [3.8, 4) is 0 Å². The van der Waals surface area contributed by atoms with Crippen LogP contribution in [0.3, 0.4) is 0 Å². The summed E-state index contributed by atoms with van der Waals surface area (Å²) in [6.45, 7) is 6.55. The molecule has 0 radical (unpaired) electrons. The normalized spacial score (nSPS) is 24.1. The maximum absolute atomic E-state index is 12.2. The van der Waals surface area contributed by atoms with Gasteiger partial charge in [0.15, 0.2) is 5.96 Å². The van der Waals surface area contributed by atoms with E-state index >= 15 is 0 Å². The molecule has 1 aromatic rings. The third-order valence-corrected chi connectivity index (χ3v) is 3.69. The summed E-state index contributed by atoms with van der Waals surface area (Å²) in [5.74, 6) is 0.730. The summed E-state index contributed by atoms with van der Waals surface area (Å²) in [5.41, 5.74) is -0.256. The lowest BCUT2D eigenvalue weighted by molar-refractivity contribution is -0.123. The van der Waals surface area contributed by atoms with E-state index in [0.717, 1.165) is 0 Å². The molecule has 0 bridgehead atoms. The molecule has 0 spiro atoms. The third kappa shape index (κ3) is 2.91. The fourth-order valence-corrected chi connectivity index (χ4v) is 2.59. The molecule has 1 atom stereocenters. The van der Waals surface area contributed by atoms with Crippen LogP contribution in [0.5, 0.6) is 0 Å². The summed E-state index contributed by atoms with van der Waals surface area (Å²) >= 11 is 12.1. The summed E-state index contributed by atoms with van der Waals surface area (Å²) in [6.07, 6.45) is 0. The van der Waals surface area contributed by atoms with Crippen molar-refractivity contribution in [1.29, 1.82) is 0 Å². The van der Waals surface area contributed by atoms with Gasteiger partial charge >= 0.3 is 0 Å². The minimum atomic E-state index is -0.933. The average Bonchev–Trinajstić information content (AvgIpc) is 2.63. The zero-order chi connectivity index (χ0) is 14.9. The highest BCUT2D eigenvalue weighted by molar-refractivity contribution is 6.35. The number of carbonyl (C=O) groups excluding carboxylic acids is 1. The van der Waals surface area contributed by atoms with Crippen molar-refractivity contribution in [2.24, 2.45) is 10.9 Å². The Morgan fingerprint density at radius 3 is 2.65 bits per heavy atom. The van der Waals surface area contributed by atoms with Crippen molar-refractivity contribution in [3.05, 3.63) is 33.8 Å². The van der Waals surface area contributed by atoms with Crippen molar-refractivity contribution in [1.82, 2.24) is 10.6 Å². The van der Waals surface area contributed by atoms with Crippen LogP contribution in [0.2, 0.25) is 10.0 Å². The minimum Gasteiger partial charge on any atom is -0.338 e.